The Labute approximate surface area is 169 Å². The van der Waals surface area contributed by atoms with Gasteiger partial charge in [-0.15, -0.1) is 0 Å². The van der Waals surface area contributed by atoms with E-state index in [1.807, 2.05) is 31.2 Å². The standard InChI is InChI=1S/C21H25N3O5/c1-5-15-6-8-16(9-7-15)14(2)22-20(25)13-29-21(26)17-10-11-18(23(3)4)19(12-17)24(27)28/h6-12,14H,5,13H2,1-4H3,(H,22,25)/t14-/m0/s1. The number of hydrogen-bond acceptors (Lipinski definition) is 6. The van der Waals surface area contributed by atoms with Gasteiger partial charge in [0, 0.05) is 20.2 Å². The highest BCUT2D eigenvalue weighted by atomic mass is 16.6. The van der Waals surface area contributed by atoms with Gasteiger partial charge in [0.25, 0.3) is 11.6 Å². The number of amides is 1. The van der Waals surface area contributed by atoms with Crippen LogP contribution < -0.4 is 10.2 Å². The molecule has 0 aliphatic rings. The largest absolute Gasteiger partial charge is 0.452 e. The Kier molecular flexibility index (Phi) is 7.30. The van der Waals surface area contributed by atoms with Gasteiger partial charge in [-0.25, -0.2) is 4.79 Å². The molecule has 0 spiro atoms. The van der Waals surface area contributed by atoms with Crippen molar-refractivity contribution in [1.29, 1.82) is 0 Å². The number of benzene rings is 2. The third kappa shape index (κ3) is 5.78. The number of carbonyl (C=O) groups excluding carboxylic acids is 2. The minimum atomic E-state index is -0.798. The second-order valence-corrected chi connectivity index (χ2v) is 6.82. The van der Waals surface area contributed by atoms with Crippen LogP contribution in [0.25, 0.3) is 0 Å². The topological polar surface area (TPSA) is 102 Å². The van der Waals surface area contributed by atoms with Crippen LogP contribution in [0.4, 0.5) is 11.4 Å². The van der Waals surface area contributed by atoms with Crippen LogP contribution in [-0.4, -0.2) is 37.5 Å². The van der Waals surface area contributed by atoms with Gasteiger partial charge < -0.3 is 15.0 Å². The highest BCUT2D eigenvalue weighted by molar-refractivity contribution is 5.93. The average molecular weight is 399 g/mol. The van der Waals surface area contributed by atoms with Gasteiger partial charge in [0.05, 0.1) is 16.5 Å². The summed E-state index contributed by atoms with van der Waals surface area (Å²) in [6.07, 6.45) is 0.935. The number of esters is 1. The Morgan fingerprint density at radius 1 is 1.17 bits per heavy atom. The van der Waals surface area contributed by atoms with Gasteiger partial charge in [0.15, 0.2) is 6.61 Å². The van der Waals surface area contributed by atoms with E-state index in [9.17, 15) is 19.7 Å². The lowest BCUT2D eigenvalue weighted by atomic mass is 10.1. The molecular formula is C21H25N3O5. The van der Waals surface area contributed by atoms with E-state index < -0.39 is 23.4 Å². The quantitative estimate of drug-likeness (QED) is 0.415. The van der Waals surface area contributed by atoms with Crippen LogP contribution in [0.5, 0.6) is 0 Å². The van der Waals surface area contributed by atoms with Gasteiger partial charge in [-0.2, -0.15) is 0 Å². The number of nitro benzene ring substituents is 1. The second-order valence-electron chi connectivity index (χ2n) is 6.82. The lowest BCUT2D eigenvalue weighted by Gasteiger charge is -2.15. The van der Waals surface area contributed by atoms with Crippen molar-refractivity contribution >= 4 is 23.3 Å². The minimum absolute atomic E-state index is 0.0123. The van der Waals surface area contributed by atoms with E-state index in [4.69, 9.17) is 4.74 Å². The number of aryl methyl sites for hydroxylation is 1. The van der Waals surface area contributed by atoms with E-state index in [1.165, 1.54) is 17.7 Å². The fraction of sp³-hybridized carbons (Fsp3) is 0.333. The predicted octanol–water partition coefficient (Wildman–Crippen LogP) is 3.26. The Bertz CT molecular complexity index is 894. The summed E-state index contributed by atoms with van der Waals surface area (Å²) in [6.45, 7) is 3.43. The van der Waals surface area contributed by atoms with E-state index in [-0.39, 0.29) is 17.3 Å². The normalized spacial score (nSPS) is 11.4. The van der Waals surface area contributed by atoms with Crippen molar-refractivity contribution in [2.45, 2.75) is 26.3 Å². The zero-order valence-electron chi connectivity index (χ0n) is 17.0. The molecular weight excluding hydrogens is 374 g/mol. The summed E-state index contributed by atoms with van der Waals surface area (Å²) in [5.74, 6) is -1.25. The summed E-state index contributed by atoms with van der Waals surface area (Å²) in [7, 11) is 3.34. The molecule has 0 saturated carbocycles. The summed E-state index contributed by atoms with van der Waals surface area (Å²) < 4.78 is 5.01. The Morgan fingerprint density at radius 3 is 2.38 bits per heavy atom. The van der Waals surface area contributed by atoms with Crippen molar-refractivity contribution in [2.75, 3.05) is 25.6 Å². The third-order valence-electron chi connectivity index (χ3n) is 4.49. The maximum Gasteiger partial charge on any atom is 0.338 e. The monoisotopic (exact) mass is 399 g/mol. The minimum Gasteiger partial charge on any atom is -0.452 e. The van der Waals surface area contributed by atoms with Crippen LogP contribution in [-0.2, 0) is 16.0 Å². The van der Waals surface area contributed by atoms with Crippen LogP contribution in [0.2, 0.25) is 0 Å². The van der Waals surface area contributed by atoms with E-state index in [2.05, 4.69) is 12.2 Å². The first-order valence-electron chi connectivity index (χ1n) is 9.24. The number of nitrogens with one attached hydrogen (secondary N) is 1. The first-order valence-corrected chi connectivity index (χ1v) is 9.24. The molecule has 1 N–H and O–H groups in total. The summed E-state index contributed by atoms with van der Waals surface area (Å²) >= 11 is 0. The van der Waals surface area contributed by atoms with Crippen molar-refractivity contribution < 1.29 is 19.2 Å². The smallest absolute Gasteiger partial charge is 0.338 e. The molecule has 2 aromatic rings. The summed E-state index contributed by atoms with van der Waals surface area (Å²) in [6, 6.07) is 11.7. The number of hydrogen-bond donors (Lipinski definition) is 1. The molecule has 0 bridgehead atoms. The molecule has 154 valence electrons. The Balaban J connectivity index is 1.96. The van der Waals surface area contributed by atoms with Crippen LogP contribution in [0, 0.1) is 10.1 Å². The summed E-state index contributed by atoms with van der Waals surface area (Å²) in [4.78, 5) is 36.5. The maximum atomic E-state index is 12.2. The molecule has 1 amide bonds. The summed E-state index contributed by atoms with van der Waals surface area (Å²) in [5, 5.41) is 14.0. The van der Waals surface area contributed by atoms with E-state index in [1.54, 1.807) is 19.0 Å². The Morgan fingerprint density at radius 2 is 1.83 bits per heavy atom. The van der Waals surface area contributed by atoms with Crippen LogP contribution in [0.15, 0.2) is 42.5 Å². The second kappa shape index (κ2) is 9.68. The van der Waals surface area contributed by atoms with Crippen LogP contribution >= 0.6 is 0 Å². The van der Waals surface area contributed by atoms with Crippen LogP contribution in [0.3, 0.4) is 0 Å². The number of rotatable bonds is 8. The molecule has 0 fully saturated rings. The van der Waals surface area contributed by atoms with E-state index >= 15 is 0 Å². The average Bonchev–Trinajstić information content (AvgIpc) is 2.71. The van der Waals surface area contributed by atoms with Gasteiger partial charge in [-0.3, -0.25) is 14.9 Å². The van der Waals surface area contributed by atoms with Gasteiger partial charge >= 0.3 is 5.97 Å². The zero-order valence-corrected chi connectivity index (χ0v) is 17.0. The van der Waals surface area contributed by atoms with Crippen molar-refractivity contribution in [2.24, 2.45) is 0 Å². The van der Waals surface area contributed by atoms with Crippen molar-refractivity contribution in [3.63, 3.8) is 0 Å². The lowest BCUT2D eigenvalue weighted by Crippen LogP contribution is -2.31. The van der Waals surface area contributed by atoms with Crippen molar-refractivity contribution in [3.05, 3.63) is 69.3 Å². The fourth-order valence-corrected chi connectivity index (χ4v) is 2.80. The van der Waals surface area contributed by atoms with E-state index in [0.29, 0.717) is 5.69 Å². The summed E-state index contributed by atoms with van der Waals surface area (Å²) in [5.41, 5.74) is 2.32. The van der Waals surface area contributed by atoms with Crippen molar-refractivity contribution in [1.82, 2.24) is 5.32 Å². The molecule has 2 aromatic carbocycles. The van der Waals surface area contributed by atoms with Gasteiger partial charge in [0.1, 0.15) is 5.69 Å². The molecule has 0 radical (unpaired) electrons. The van der Waals surface area contributed by atoms with Crippen molar-refractivity contribution in [3.8, 4) is 0 Å². The zero-order chi connectivity index (χ0) is 21.6. The van der Waals surface area contributed by atoms with Gasteiger partial charge in [0.2, 0.25) is 0 Å². The molecule has 8 heteroatoms. The number of anilines is 1. The number of nitrogens with zero attached hydrogens (tertiary/aromatic N) is 2. The van der Waals surface area contributed by atoms with Crippen LogP contribution in [0.1, 0.15) is 41.4 Å². The van der Waals surface area contributed by atoms with Gasteiger partial charge in [-0.1, -0.05) is 31.2 Å². The SMILES string of the molecule is CCc1ccc([C@H](C)NC(=O)COC(=O)c2ccc(N(C)C)c([N+](=O)[O-])c2)cc1. The first-order chi connectivity index (χ1) is 13.7. The fourth-order valence-electron chi connectivity index (χ4n) is 2.80. The molecule has 8 nitrogen and oxygen atoms in total. The Hall–Kier alpha value is -3.42. The molecule has 0 aromatic heterocycles. The van der Waals surface area contributed by atoms with E-state index in [0.717, 1.165) is 18.1 Å². The molecule has 0 saturated heterocycles. The number of ether oxygens (including phenoxy) is 1. The lowest BCUT2D eigenvalue weighted by molar-refractivity contribution is -0.384. The van der Waals surface area contributed by atoms with Gasteiger partial charge in [-0.05, 0) is 36.6 Å². The third-order valence-corrected chi connectivity index (χ3v) is 4.49. The highest BCUT2D eigenvalue weighted by Gasteiger charge is 2.20. The molecule has 1 atom stereocenters. The molecule has 0 aliphatic carbocycles. The molecule has 29 heavy (non-hydrogen) atoms. The number of nitro groups is 1. The first kappa shape index (κ1) is 21.9. The number of carbonyl (C=O) groups is 2. The molecule has 0 heterocycles. The molecule has 0 aliphatic heterocycles. The maximum absolute atomic E-state index is 12.2. The molecule has 0 unspecified atom stereocenters. The highest BCUT2D eigenvalue weighted by Crippen LogP contribution is 2.28. The molecule has 2 rings (SSSR count). The predicted molar refractivity (Wildman–Crippen MR) is 110 cm³/mol.